The van der Waals surface area contributed by atoms with Crippen molar-refractivity contribution in [2.45, 2.75) is 33.8 Å². The summed E-state index contributed by atoms with van der Waals surface area (Å²) in [6.07, 6.45) is -14.7. The molecule has 22 heavy (non-hydrogen) atoms. The molecule has 0 radical (unpaired) electrons. The average molecular weight is 433 g/mol. The molecule has 0 fully saturated rings. The van der Waals surface area contributed by atoms with Crippen LogP contribution in [0.3, 0.4) is 0 Å². The molecule has 0 spiro atoms. The van der Waals surface area contributed by atoms with Gasteiger partial charge in [-0.1, -0.05) is 0 Å². The third-order valence-corrected chi connectivity index (χ3v) is 4.94. The van der Waals surface area contributed by atoms with Gasteiger partial charge in [-0.25, -0.2) is 0 Å². The van der Waals surface area contributed by atoms with E-state index in [-0.39, 0.29) is 0 Å². The van der Waals surface area contributed by atoms with Crippen LogP contribution in [-0.4, -0.2) is 47.7 Å². The molecule has 1 nitrogen and oxygen atoms in total. The first-order chi connectivity index (χ1) is 9.15. The van der Waals surface area contributed by atoms with Crippen molar-refractivity contribution in [3.63, 3.8) is 0 Å². The Morgan fingerprint density at radius 3 is 0.773 bits per heavy atom. The van der Waals surface area contributed by atoms with Crippen molar-refractivity contribution in [1.82, 2.24) is 0 Å². The van der Waals surface area contributed by atoms with Crippen molar-refractivity contribution < 1.29 is 65.3 Å². The fourth-order valence-electron chi connectivity index (χ4n) is 0.724. The molecular weight excluding hydrogens is 433 g/mol. The number of rotatable bonds is 4. The van der Waals surface area contributed by atoms with E-state index in [1.54, 1.807) is 0 Å². The maximum atomic E-state index is 12.6. The normalized spacial score (nSPS) is 16.3. The van der Waals surface area contributed by atoms with Crippen LogP contribution in [0.1, 0.15) is 0 Å². The summed E-state index contributed by atoms with van der Waals surface area (Å²) in [6, 6.07) is 0. The Labute approximate surface area is 114 Å². The van der Waals surface area contributed by atoms with E-state index in [2.05, 4.69) is 0 Å². The zero-order valence-corrected chi connectivity index (χ0v) is 10.8. The van der Waals surface area contributed by atoms with Gasteiger partial charge in [-0.3, -0.25) is 0 Å². The van der Waals surface area contributed by atoms with Crippen LogP contribution in [0, 0.1) is 0 Å². The third-order valence-electron chi connectivity index (χ3n) is 1.91. The zero-order chi connectivity index (χ0) is 18.6. The second kappa shape index (κ2) is 5.18. The summed E-state index contributed by atoms with van der Waals surface area (Å²) in [4.78, 5) is -14.7. The number of hydrogen-bond acceptors (Lipinski definition) is 1. The molecule has 0 bridgehead atoms. The zero-order valence-electron chi connectivity index (χ0n) is 9.11. The quantitative estimate of drug-likeness (QED) is 0.481. The van der Waals surface area contributed by atoms with Crippen LogP contribution in [0.15, 0.2) is 0 Å². The summed E-state index contributed by atoms with van der Waals surface area (Å²) in [5.41, 5.74) is 0. The monoisotopic (exact) mass is 434 g/mol. The Morgan fingerprint density at radius 1 is 0.455 bits per heavy atom. The predicted octanol–water partition coefficient (Wildman–Crippen LogP) is 4.15. The third kappa shape index (κ3) is 2.90. The first-order valence-corrected chi connectivity index (χ1v) is 6.63. The summed E-state index contributed by atoms with van der Waals surface area (Å²) >= 11 is -7.76. The Bertz CT molecular complexity index is 403. The van der Waals surface area contributed by atoms with E-state index >= 15 is 0 Å². The molecule has 0 aromatic heterocycles. The molecule has 0 aliphatic carbocycles. The molecule has 0 aromatic carbocycles. The van der Waals surface area contributed by atoms with E-state index in [0.717, 1.165) is 0 Å². The van der Waals surface area contributed by atoms with Gasteiger partial charge in [0.15, 0.2) is 0 Å². The average Bonchev–Trinajstić information content (AvgIpc) is 2.24. The van der Waals surface area contributed by atoms with E-state index in [1.807, 2.05) is 0 Å². The predicted molar refractivity (Wildman–Crippen MR) is 38.3 cm³/mol. The molecule has 134 valence electrons. The number of alkyl halides is 14. The molecule has 0 N–H and O–H groups in total. The molecule has 0 saturated heterocycles. The van der Waals surface area contributed by atoms with Crippen molar-refractivity contribution in [1.29, 1.82) is 0 Å². The van der Waals surface area contributed by atoms with Crippen molar-refractivity contribution in [3.8, 4) is 0 Å². The molecule has 0 rings (SSSR count). The summed E-state index contributed by atoms with van der Waals surface area (Å²) in [7, 11) is 0. The first-order valence-electron chi connectivity index (χ1n) is 4.22. The van der Waals surface area contributed by atoms with E-state index < -0.39 is 47.7 Å². The van der Waals surface area contributed by atoms with Crippen LogP contribution >= 0.6 is 0 Å². The van der Waals surface area contributed by atoms with Crippen LogP contribution in [0.25, 0.3) is 0 Å². The standard InChI is InChI=1S/C6F14OSe/c7-1(8,3(11,12)13)5(17,18)22(21)6(19,20)2(9,10)4(14,15)16. The molecule has 16 heteroatoms. The minimum absolute atomic E-state index is 7.33. The summed E-state index contributed by atoms with van der Waals surface area (Å²) in [5.74, 6) is -15.0. The maximum absolute atomic E-state index is 12.6. The fourth-order valence-corrected chi connectivity index (χ4v) is 2.86. The Kier molecular flexibility index (Phi) is 5.02. The van der Waals surface area contributed by atoms with Crippen LogP contribution < -0.4 is 0 Å². The van der Waals surface area contributed by atoms with Crippen molar-refractivity contribution >= 4 is 13.8 Å². The van der Waals surface area contributed by atoms with Gasteiger partial charge in [-0.15, -0.1) is 0 Å². The van der Waals surface area contributed by atoms with Crippen molar-refractivity contribution in [2.75, 3.05) is 0 Å². The van der Waals surface area contributed by atoms with Gasteiger partial charge in [0.1, 0.15) is 0 Å². The van der Waals surface area contributed by atoms with Gasteiger partial charge in [0, 0.05) is 0 Å². The van der Waals surface area contributed by atoms with Crippen molar-refractivity contribution in [2.24, 2.45) is 0 Å². The molecule has 0 atom stereocenters. The Balaban J connectivity index is 6.07. The second-order valence-electron chi connectivity index (χ2n) is 3.45. The van der Waals surface area contributed by atoms with Gasteiger partial charge in [-0.05, 0) is 0 Å². The van der Waals surface area contributed by atoms with E-state index in [9.17, 15) is 65.3 Å². The summed E-state index contributed by atoms with van der Waals surface area (Å²) in [5, 5.41) is 0. The molecule has 0 aliphatic rings. The molecule has 0 aromatic rings. The van der Waals surface area contributed by atoms with Gasteiger partial charge in [0.25, 0.3) is 0 Å². The summed E-state index contributed by atoms with van der Waals surface area (Å²) < 4.78 is 180. The molecule has 0 aliphatic heterocycles. The first kappa shape index (κ1) is 21.3. The molecule has 0 saturated carbocycles. The topological polar surface area (TPSA) is 17.1 Å². The van der Waals surface area contributed by atoms with Gasteiger partial charge in [-0.2, -0.15) is 0 Å². The molecule has 0 heterocycles. The van der Waals surface area contributed by atoms with E-state index in [1.165, 1.54) is 0 Å². The van der Waals surface area contributed by atoms with Gasteiger partial charge in [0.2, 0.25) is 0 Å². The number of hydrogen-bond donors (Lipinski definition) is 0. The van der Waals surface area contributed by atoms with E-state index in [0.29, 0.717) is 0 Å². The van der Waals surface area contributed by atoms with Crippen LogP contribution in [0.5, 0.6) is 0 Å². The summed E-state index contributed by atoms with van der Waals surface area (Å²) in [6.45, 7) is 0. The minimum atomic E-state index is -7.76. The fraction of sp³-hybridized carbons (Fsp3) is 1.00. The Morgan fingerprint density at radius 2 is 0.636 bits per heavy atom. The molecule has 0 unspecified atom stereocenters. The van der Waals surface area contributed by atoms with Gasteiger partial charge >= 0.3 is 113 Å². The van der Waals surface area contributed by atoms with Crippen LogP contribution in [0.4, 0.5) is 61.5 Å². The van der Waals surface area contributed by atoms with Crippen molar-refractivity contribution in [3.05, 3.63) is 0 Å². The van der Waals surface area contributed by atoms with Crippen LogP contribution in [-0.2, 0) is 3.83 Å². The van der Waals surface area contributed by atoms with Gasteiger partial charge < -0.3 is 0 Å². The van der Waals surface area contributed by atoms with Crippen LogP contribution in [0.2, 0.25) is 0 Å². The number of halogens is 14. The van der Waals surface area contributed by atoms with Gasteiger partial charge in [0.05, 0.1) is 0 Å². The van der Waals surface area contributed by atoms with E-state index in [4.69, 9.17) is 0 Å². The second-order valence-corrected chi connectivity index (χ2v) is 6.73. The SMILES string of the molecule is O=[Se](C(F)(F)C(F)(F)C(F)(F)F)C(F)(F)C(F)(F)C(F)(F)F. The molecule has 0 amide bonds. The Hall–Kier alpha value is -0.661. The molecular formula is C6F14OSe.